The predicted octanol–water partition coefficient (Wildman–Crippen LogP) is 4.08. The van der Waals surface area contributed by atoms with Gasteiger partial charge in [-0.15, -0.1) is 0 Å². The number of nitrogens with one attached hydrogen (secondary N) is 1. The quantitative estimate of drug-likeness (QED) is 0.778. The van der Waals surface area contributed by atoms with Crippen LogP contribution < -0.4 is 5.32 Å². The number of fused-ring (bicyclic) bond motifs is 2. The maximum Gasteiger partial charge on any atom is 0.235 e. The first-order valence-electron chi connectivity index (χ1n) is 6.13. The summed E-state index contributed by atoms with van der Waals surface area (Å²) in [5.41, 5.74) is 1.86. The Hall–Kier alpha value is -0.350. The second kappa shape index (κ2) is 3.83. The molecule has 1 aromatic rings. The van der Waals surface area contributed by atoms with E-state index >= 15 is 0 Å². The molecule has 1 heterocycles. The minimum Gasteiger partial charge on any atom is -0.325 e. The highest BCUT2D eigenvalue weighted by atomic mass is 79.9. The van der Waals surface area contributed by atoms with E-state index in [4.69, 9.17) is 0 Å². The van der Waals surface area contributed by atoms with Gasteiger partial charge >= 0.3 is 0 Å². The average Bonchev–Trinajstić information content (AvgIpc) is 2.64. The highest BCUT2D eigenvalue weighted by Gasteiger charge is 2.77. The molecular formula is C14H15Br2NO. The molecule has 1 aliphatic carbocycles. The molecule has 0 aromatic heterocycles. The number of alkyl halides is 1. The predicted molar refractivity (Wildman–Crippen MR) is 80.1 cm³/mol. The number of amides is 1. The van der Waals surface area contributed by atoms with Crippen LogP contribution in [0.15, 0.2) is 22.7 Å². The minimum atomic E-state index is -0.320. The van der Waals surface area contributed by atoms with E-state index in [0.717, 1.165) is 27.5 Å². The van der Waals surface area contributed by atoms with Gasteiger partial charge in [0.15, 0.2) is 0 Å². The third kappa shape index (κ3) is 1.31. The molecule has 0 radical (unpaired) electrons. The van der Waals surface area contributed by atoms with Gasteiger partial charge in [0.1, 0.15) is 0 Å². The average molecular weight is 373 g/mol. The van der Waals surface area contributed by atoms with E-state index in [0.29, 0.717) is 5.92 Å². The Balaban J connectivity index is 2.15. The summed E-state index contributed by atoms with van der Waals surface area (Å²) >= 11 is 7.02. The molecule has 2 aliphatic rings. The highest BCUT2D eigenvalue weighted by Crippen LogP contribution is 2.74. The van der Waals surface area contributed by atoms with E-state index in [1.807, 2.05) is 12.1 Å². The van der Waals surface area contributed by atoms with Crippen molar-refractivity contribution < 1.29 is 4.79 Å². The maximum absolute atomic E-state index is 12.5. The summed E-state index contributed by atoms with van der Waals surface area (Å²) in [6.45, 7) is 4.41. The van der Waals surface area contributed by atoms with Crippen molar-refractivity contribution in [1.82, 2.24) is 0 Å². The van der Waals surface area contributed by atoms with E-state index in [9.17, 15) is 4.79 Å². The first-order chi connectivity index (χ1) is 8.46. The van der Waals surface area contributed by atoms with Crippen LogP contribution in [0.2, 0.25) is 0 Å². The Kier molecular flexibility index (Phi) is 2.69. The van der Waals surface area contributed by atoms with Crippen molar-refractivity contribution >= 4 is 43.5 Å². The first kappa shape index (κ1) is 12.7. The summed E-state index contributed by atoms with van der Waals surface area (Å²) in [6.07, 6.45) is 1.03. The largest absolute Gasteiger partial charge is 0.325 e. The van der Waals surface area contributed by atoms with Crippen molar-refractivity contribution in [3.63, 3.8) is 0 Å². The second-order valence-electron chi connectivity index (χ2n) is 5.70. The van der Waals surface area contributed by atoms with Crippen LogP contribution in [-0.2, 0) is 10.2 Å². The van der Waals surface area contributed by atoms with Gasteiger partial charge in [0, 0.05) is 15.5 Å². The topological polar surface area (TPSA) is 29.1 Å². The van der Waals surface area contributed by atoms with Crippen molar-refractivity contribution in [2.24, 2.45) is 11.3 Å². The number of hydrogen-bond donors (Lipinski definition) is 1. The summed E-state index contributed by atoms with van der Waals surface area (Å²) < 4.78 is 1.04. The van der Waals surface area contributed by atoms with Crippen LogP contribution in [0, 0.1) is 11.3 Å². The molecule has 1 aromatic carbocycles. The second-order valence-corrected chi connectivity index (χ2v) is 7.41. The molecule has 0 saturated heterocycles. The summed E-state index contributed by atoms with van der Waals surface area (Å²) in [7, 11) is 0. The van der Waals surface area contributed by atoms with E-state index < -0.39 is 0 Å². The smallest absolute Gasteiger partial charge is 0.235 e. The van der Waals surface area contributed by atoms with Crippen LogP contribution in [0.1, 0.15) is 25.8 Å². The molecular weight excluding hydrogens is 358 g/mol. The van der Waals surface area contributed by atoms with Gasteiger partial charge < -0.3 is 5.32 Å². The van der Waals surface area contributed by atoms with Gasteiger partial charge in [-0.25, -0.2) is 0 Å². The summed E-state index contributed by atoms with van der Waals surface area (Å²) in [4.78, 5) is 12.5. The van der Waals surface area contributed by atoms with Crippen LogP contribution >= 0.6 is 31.9 Å². The van der Waals surface area contributed by atoms with Crippen molar-refractivity contribution in [3.8, 4) is 0 Å². The molecule has 96 valence electrons. The highest BCUT2D eigenvalue weighted by molar-refractivity contribution is 9.10. The first-order valence-corrected chi connectivity index (χ1v) is 8.05. The maximum atomic E-state index is 12.5. The standard InChI is InChI=1S/C14H15Br2NO/c1-13(2)11(5-6-15)14(13)9-7-8(16)3-4-10(9)17-12(14)18/h3-4,7,11H,5-6H2,1-2H3,(H,17,18). The van der Waals surface area contributed by atoms with Crippen molar-refractivity contribution in [3.05, 3.63) is 28.2 Å². The molecule has 1 amide bonds. The van der Waals surface area contributed by atoms with E-state index in [-0.39, 0.29) is 16.7 Å². The van der Waals surface area contributed by atoms with Crippen LogP contribution in [0.5, 0.6) is 0 Å². The Morgan fingerprint density at radius 2 is 2.11 bits per heavy atom. The molecule has 4 heteroatoms. The molecule has 3 rings (SSSR count). The molecule has 2 nitrogen and oxygen atoms in total. The van der Waals surface area contributed by atoms with Gasteiger partial charge in [0.2, 0.25) is 5.91 Å². The van der Waals surface area contributed by atoms with Gasteiger partial charge in [-0.2, -0.15) is 0 Å². The normalized spacial score (nSPS) is 31.3. The molecule has 18 heavy (non-hydrogen) atoms. The zero-order chi connectivity index (χ0) is 13.1. The third-order valence-electron chi connectivity index (χ3n) is 4.74. The van der Waals surface area contributed by atoms with Gasteiger partial charge in [0.25, 0.3) is 0 Å². The number of hydrogen-bond acceptors (Lipinski definition) is 1. The lowest BCUT2D eigenvalue weighted by Crippen LogP contribution is -2.25. The Labute approximate surface area is 124 Å². The van der Waals surface area contributed by atoms with Crippen molar-refractivity contribution in [2.45, 2.75) is 25.7 Å². The van der Waals surface area contributed by atoms with Crippen LogP contribution in [0.4, 0.5) is 5.69 Å². The van der Waals surface area contributed by atoms with Crippen LogP contribution in [-0.4, -0.2) is 11.2 Å². The zero-order valence-corrected chi connectivity index (χ0v) is 13.6. The lowest BCUT2D eigenvalue weighted by atomic mass is 9.89. The molecule has 1 spiro atoms. The van der Waals surface area contributed by atoms with Gasteiger partial charge in [-0.3, -0.25) is 4.79 Å². The number of halogens is 2. The SMILES string of the molecule is CC1(C)C(CCBr)C12C(=O)Nc1ccc(Br)cc12. The molecule has 0 bridgehead atoms. The van der Waals surface area contributed by atoms with Crippen LogP contribution in [0.3, 0.4) is 0 Å². The number of carbonyl (C=O) groups is 1. The fourth-order valence-corrected chi connectivity index (χ4v) is 4.66. The molecule has 2 unspecified atom stereocenters. The van der Waals surface area contributed by atoms with E-state index in [2.05, 4.69) is 57.1 Å². The lowest BCUT2D eigenvalue weighted by molar-refractivity contribution is -0.118. The number of benzene rings is 1. The number of anilines is 1. The molecule has 1 aliphatic heterocycles. The van der Waals surface area contributed by atoms with Gasteiger partial charge in [-0.05, 0) is 41.5 Å². The summed E-state index contributed by atoms with van der Waals surface area (Å²) in [5.74, 6) is 0.589. The number of rotatable bonds is 2. The fourth-order valence-electron chi connectivity index (χ4n) is 3.84. The van der Waals surface area contributed by atoms with Gasteiger partial charge in [0.05, 0.1) is 5.41 Å². The lowest BCUT2D eigenvalue weighted by Gasteiger charge is -2.12. The zero-order valence-electron chi connectivity index (χ0n) is 10.4. The van der Waals surface area contributed by atoms with Crippen LogP contribution in [0.25, 0.3) is 0 Å². The Morgan fingerprint density at radius 3 is 2.78 bits per heavy atom. The molecule has 1 saturated carbocycles. The summed E-state index contributed by atoms with van der Waals surface area (Å²) in [5, 5.41) is 3.99. The summed E-state index contributed by atoms with van der Waals surface area (Å²) in [6, 6.07) is 6.07. The van der Waals surface area contributed by atoms with Crippen molar-refractivity contribution in [2.75, 3.05) is 10.6 Å². The molecule has 1 N–H and O–H groups in total. The van der Waals surface area contributed by atoms with E-state index in [1.165, 1.54) is 0 Å². The molecule has 2 atom stereocenters. The monoisotopic (exact) mass is 371 g/mol. The third-order valence-corrected chi connectivity index (χ3v) is 5.69. The number of carbonyl (C=O) groups excluding carboxylic acids is 1. The Bertz CT molecular complexity index is 541. The molecule has 1 fully saturated rings. The van der Waals surface area contributed by atoms with Crippen molar-refractivity contribution in [1.29, 1.82) is 0 Å². The minimum absolute atomic E-state index is 0.0386. The van der Waals surface area contributed by atoms with Gasteiger partial charge in [-0.1, -0.05) is 45.7 Å². The van der Waals surface area contributed by atoms with E-state index in [1.54, 1.807) is 0 Å². The Morgan fingerprint density at radius 1 is 1.39 bits per heavy atom. The fraction of sp³-hybridized carbons (Fsp3) is 0.500.